The molecule has 0 rings (SSSR count). The number of hydrogen-bond donors (Lipinski definition) is 1. The fraction of sp³-hybridized carbons (Fsp3) is 0.571. The second-order valence-electron chi connectivity index (χ2n) is 5.73. The van der Waals surface area contributed by atoms with Gasteiger partial charge < -0.3 is 5.11 Å². The summed E-state index contributed by atoms with van der Waals surface area (Å²) in [5, 5.41) is 8.52. The van der Waals surface area contributed by atoms with Crippen LogP contribution < -0.4 is 0 Å². The summed E-state index contributed by atoms with van der Waals surface area (Å²) >= 11 is 0. The van der Waals surface area contributed by atoms with Crippen LogP contribution in [0.1, 0.15) is 77.6 Å². The van der Waals surface area contributed by atoms with Crippen molar-refractivity contribution in [2.45, 2.75) is 77.6 Å². The van der Waals surface area contributed by atoms with Crippen molar-refractivity contribution in [3.05, 3.63) is 48.6 Å². The zero-order chi connectivity index (χ0) is 17.0. The molecule has 0 unspecified atom stereocenters. The third-order valence-corrected chi connectivity index (χ3v) is 3.47. The maximum absolute atomic E-state index is 10.3. The van der Waals surface area contributed by atoms with E-state index < -0.39 is 5.97 Å². The van der Waals surface area contributed by atoms with Crippen LogP contribution in [0, 0.1) is 0 Å². The van der Waals surface area contributed by atoms with Crippen molar-refractivity contribution in [3.8, 4) is 0 Å². The highest BCUT2D eigenvalue weighted by molar-refractivity contribution is 5.66. The van der Waals surface area contributed by atoms with Gasteiger partial charge in [-0.15, -0.1) is 0 Å². The zero-order valence-corrected chi connectivity index (χ0v) is 14.8. The van der Waals surface area contributed by atoms with E-state index in [2.05, 4.69) is 55.5 Å². The molecule has 0 bridgehead atoms. The van der Waals surface area contributed by atoms with Crippen molar-refractivity contribution >= 4 is 5.97 Å². The monoisotopic (exact) mass is 318 g/mol. The van der Waals surface area contributed by atoms with Crippen LogP contribution in [0.2, 0.25) is 0 Å². The molecule has 0 spiro atoms. The van der Waals surface area contributed by atoms with Gasteiger partial charge in [-0.05, 0) is 44.9 Å². The molecule has 0 fully saturated rings. The summed E-state index contributed by atoms with van der Waals surface area (Å²) in [6.07, 6.45) is 28.8. The SMILES string of the molecule is CCCC/C=C/C/C=C/C/C=C/C/C=C/CCCCCC(=O)O. The molecule has 2 nitrogen and oxygen atoms in total. The summed E-state index contributed by atoms with van der Waals surface area (Å²) in [5.41, 5.74) is 0. The van der Waals surface area contributed by atoms with E-state index in [4.69, 9.17) is 5.11 Å². The van der Waals surface area contributed by atoms with E-state index in [1.165, 1.54) is 19.3 Å². The molecule has 0 saturated heterocycles. The van der Waals surface area contributed by atoms with Crippen LogP contribution >= 0.6 is 0 Å². The van der Waals surface area contributed by atoms with E-state index in [1.807, 2.05) is 0 Å². The van der Waals surface area contributed by atoms with Crippen LogP contribution in [0.15, 0.2) is 48.6 Å². The summed E-state index contributed by atoms with van der Waals surface area (Å²) < 4.78 is 0. The van der Waals surface area contributed by atoms with E-state index >= 15 is 0 Å². The number of unbranched alkanes of at least 4 members (excludes halogenated alkanes) is 5. The molecule has 0 aliphatic rings. The molecule has 0 aromatic rings. The smallest absolute Gasteiger partial charge is 0.303 e. The van der Waals surface area contributed by atoms with Gasteiger partial charge in [0.05, 0.1) is 0 Å². The first-order valence-electron chi connectivity index (χ1n) is 9.09. The maximum atomic E-state index is 10.3. The first-order valence-corrected chi connectivity index (χ1v) is 9.09. The molecule has 0 radical (unpaired) electrons. The lowest BCUT2D eigenvalue weighted by Crippen LogP contribution is -1.93. The van der Waals surface area contributed by atoms with Crippen LogP contribution in [0.3, 0.4) is 0 Å². The standard InChI is InChI=1S/C21H34O2/c1-2-3-4-5-6-7-8-9-10-11-12-13-14-15-16-17-18-19-20-21(22)23/h5-6,8-9,11-12,14-15H,2-4,7,10,13,16-20H2,1H3,(H,22,23)/b6-5+,9-8+,12-11+,15-14+. The summed E-state index contributed by atoms with van der Waals surface area (Å²) in [4.78, 5) is 10.3. The molecular formula is C21H34O2. The maximum Gasteiger partial charge on any atom is 0.303 e. The van der Waals surface area contributed by atoms with Crippen LogP contribution in [0.25, 0.3) is 0 Å². The highest BCUT2D eigenvalue weighted by atomic mass is 16.4. The molecule has 1 N–H and O–H groups in total. The Bertz CT molecular complexity index is 375. The van der Waals surface area contributed by atoms with E-state index in [-0.39, 0.29) is 0 Å². The first-order chi connectivity index (χ1) is 11.3. The summed E-state index contributed by atoms with van der Waals surface area (Å²) in [7, 11) is 0. The quantitative estimate of drug-likeness (QED) is 0.272. The molecule has 0 aromatic heterocycles. The van der Waals surface area contributed by atoms with Crippen LogP contribution in [0.5, 0.6) is 0 Å². The van der Waals surface area contributed by atoms with Crippen molar-refractivity contribution in [1.29, 1.82) is 0 Å². The van der Waals surface area contributed by atoms with Gasteiger partial charge in [0.15, 0.2) is 0 Å². The second kappa shape index (κ2) is 18.5. The summed E-state index contributed by atoms with van der Waals surface area (Å²) in [5.74, 6) is -0.688. The van der Waals surface area contributed by atoms with Crippen LogP contribution in [-0.4, -0.2) is 11.1 Å². The van der Waals surface area contributed by atoms with Gasteiger partial charge in [-0.3, -0.25) is 4.79 Å². The average Bonchev–Trinajstić information content (AvgIpc) is 2.53. The predicted molar refractivity (Wildman–Crippen MR) is 101 cm³/mol. The third-order valence-electron chi connectivity index (χ3n) is 3.47. The number of hydrogen-bond acceptors (Lipinski definition) is 1. The Morgan fingerprint density at radius 1 is 0.696 bits per heavy atom. The number of aliphatic carboxylic acids is 1. The van der Waals surface area contributed by atoms with Crippen molar-refractivity contribution < 1.29 is 9.90 Å². The van der Waals surface area contributed by atoms with E-state index in [9.17, 15) is 4.79 Å². The fourth-order valence-electron chi connectivity index (χ4n) is 2.09. The Balaban J connectivity index is 3.37. The van der Waals surface area contributed by atoms with Gasteiger partial charge in [-0.2, -0.15) is 0 Å². The predicted octanol–water partition coefficient (Wildman–Crippen LogP) is 6.61. The van der Waals surface area contributed by atoms with E-state index in [1.54, 1.807) is 0 Å². The van der Waals surface area contributed by atoms with Gasteiger partial charge in [0.2, 0.25) is 0 Å². The lowest BCUT2D eigenvalue weighted by molar-refractivity contribution is -0.137. The van der Waals surface area contributed by atoms with Gasteiger partial charge in [-0.25, -0.2) is 0 Å². The Morgan fingerprint density at radius 2 is 1.17 bits per heavy atom. The molecule has 0 saturated carbocycles. The van der Waals surface area contributed by atoms with Gasteiger partial charge in [0.1, 0.15) is 0 Å². The lowest BCUT2D eigenvalue weighted by atomic mass is 10.1. The number of rotatable bonds is 15. The number of allylic oxidation sites excluding steroid dienone is 8. The van der Waals surface area contributed by atoms with Crippen molar-refractivity contribution in [2.75, 3.05) is 0 Å². The highest BCUT2D eigenvalue weighted by Crippen LogP contribution is 2.04. The Labute approximate surface area is 142 Å². The molecule has 0 aliphatic carbocycles. The van der Waals surface area contributed by atoms with Crippen molar-refractivity contribution in [2.24, 2.45) is 0 Å². The topological polar surface area (TPSA) is 37.3 Å². The Kier molecular flexibility index (Phi) is 17.2. The number of carboxylic acid groups (broad SMARTS) is 1. The lowest BCUT2D eigenvalue weighted by Gasteiger charge is -1.94. The summed E-state index contributed by atoms with van der Waals surface area (Å²) in [6, 6.07) is 0. The second-order valence-corrected chi connectivity index (χ2v) is 5.73. The van der Waals surface area contributed by atoms with Crippen LogP contribution in [0.4, 0.5) is 0 Å². The molecule has 130 valence electrons. The first kappa shape index (κ1) is 21.4. The van der Waals surface area contributed by atoms with Gasteiger partial charge in [0.25, 0.3) is 0 Å². The van der Waals surface area contributed by atoms with Crippen molar-refractivity contribution in [1.82, 2.24) is 0 Å². The molecule has 0 amide bonds. The zero-order valence-electron chi connectivity index (χ0n) is 14.8. The van der Waals surface area contributed by atoms with Gasteiger partial charge in [-0.1, -0.05) is 74.8 Å². The largest absolute Gasteiger partial charge is 0.481 e. The van der Waals surface area contributed by atoms with E-state index in [0.717, 1.165) is 44.9 Å². The summed E-state index contributed by atoms with van der Waals surface area (Å²) in [6.45, 7) is 2.22. The molecule has 2 heteroatoms. The van der Waals surface area contributed by atoms with Crippen LogP contribution in [-0.2, 0) is 4.79 Å². The van der Waals surface area contributed by atoms with E-state index in [0.29, 0.717) is 6.42 Å². The molecular weight excluding hydrogens is 284 g/mol. The molecule has 23 heavy (non-hydrogen) atoms. The Morgan fingerprint density at radius 3 is 1.65 bits per heavy atom. The Hall–Kier alpha value is -1.57. The fourth-order valence-corrected chi connectivity index (χ4v) is 2.09. The minimum atomic E-state index is -0.688. The molecule has 0 aromatic carbocycles. The van der Waals surface area contributed by atoms with Gasteiger partial charge >= 0.3 is 5.97 Å². The number of carboxylic acids is 1. The average molecular weight is 319 g/mol. The highest BCUT2D eigenvalue weighted by Gasteiger charge is 1.94. The van der Waals surface area contributed by atoms with Gasteiger partial charge in [0, 0.05) is 6.42 Å². The number of carbonyl (C=O) groups is 1. The molecule has 0 atom stereocenters. The molecule has 0 aliphatic heterocycles. The third kappa shape index (κ3) is 20.4. The van der Waals surface area contributed by atoms with Crippen molar-refractivity contribution in [3.63, 3.8) is 0 Å². The normalized spacial score (nSPS) is 12.4. The minimum absolute atomic E-state index is 0.300. The molecule has 0 heterocycles. The minimum Gasteiger partial charge on any atom is -0.481 e.